The molecule has 1 aliphatic heterocycles. The number of amides is 2. The van der Waals surface area contributed by atoms with Gasteiger partial charge in [0.25, 0.3) is 5.91 Å². The standard InChI is InChI=1S/C24H32N6O2/c1-5-12-30-20-11-7-6-10-18(20)25-22(30)17-9-8-13-29(15-17)24(32)19-14-21(28(4)27-19)26-23(31)16(2)3/h6-7,10-11,14,16-17H,5,8-9,12-13,15H2,1-4H3,(H,26,31). The Kier molecular flexibility index (Phi) is 6.30. The van der Waals surface area contributed by atoms with Crippen LogP contribution >= 0.6 is 0 Å². The first-order valence-corrected chi connectivity index (χ1v) is 11.5. The maximum absolute atomic E-state index is 13.3. The van der Waals surface area contributed by atoms with E-state index in [9.17, 15) is 9.59 Å². The number of rotatable bonds is 6. The van der Waals surface area contributed by atoms with Gasteiger partial charge in [0.2, 0.25) is 5.91 Å². The van der Waals surface area contributed by atoms with Crippen LogP contribution in [0.3, 0.4) is 0 Å². The van der Waals surface area contributed by atoms with Gasteiger partial charge in [0, 0.05) is 44.6 Å². The van der Waals surface area contributed by atoms with Crippen LogP contribution in [0.2, 0.25) is 0 Å². The number of carbonyl (C=O) groups is 2. The Morgan fingerprint density at radius 1 is 1.25 bits per heavy atom. The largest absolute Gasteiger partial charge is 0.337 e. The van der Waals surface area contributed by atoms with Gasteiger partial charge in [-0.05, 0) is 31.4 Å². The van der Waals surface area contributed by atoms with Gasteiger partial charge in [-0.25, -0.2) is 4.98 Å². The number of piperidine rings is 1. The summed E-state index contributed by atoms with van der Waals surface area (Å²) in [6.07, 6.45) is 2.96. The van der Waals surface area contributed by atoms with Gasteiger partial charge in [-0.15, -0.1) is 0 Å². The Morgan fingerprint density at radius 2 is 2.03 bits per heavy atom. The molecule has 3 heterocycles. The third-order valence-corrected chi connectivity index (χ3v) is 6.08. The molecule has 1 saturated heterocycles. The second kappa shape index (κ2) is 9.14. The Labute approximate surface area is 188 Å². The number of nitrogens with zero attached hydrogens (tertiary/aromatic N) is 5. The van der Waals surface area contributed by atoms with Crippen molar-refractivity contribution in [2.75, 3.05) is 18.4 Å². The number of hydrogen-bond acceptors (Lipinski definition) is 4. The van der Waals surface area contributed by atoms with Crippen LogP contribution in [-0.4, -0.2) is 49.1 Å². The fraction of sp³-hybridized carbons (Fsp3) is 0.500. The maximum atomic E-state index is 13.3. The molecule has 8 nitrogen and oxygen atoms in total. The van der Waals surface area contributed by atoms with Crippen LogP contribution < -0.4 is 5.32 Å². The van der Waals surface area contributed by atoms with Crippen molar-refractivity contribution in [3.63, 3.8) is 0 Å². The highest BCUT2D eigenvalue weighted by atomic mass is 16.2. The first kappa shape index (κ1) is 22.0. The molecule has 32 heavy (non-hydrogen) atoms. The van der Waals surface area contributed by atoms with E-state index in [2.05, 4.69) is 34.0 Å². The number of benzene rings is 1. The van der Waals surface area contributed by atoms with Crippen molar-refractivity contribution in [3.8, 4) is 0 Å². The smallest absolute Gasteiger partial charge is 0.274 e. The number of carbonyl (C=O) groups excluding carboxylic acids is 2. The van der Waals surface area contributed by atoms with Crippen molar-refractivity contribution in [1.29, 1.82) is 0 Å². The molecule has 0 spiro atoms. The second-order valence-electron chi connectivity index (χ2n) is 8.88. The maximum Gasteiger partial charge on any atom is 0.274 e. The minimum atomic E-state index is -0.144. The number of likely N-dealkylation sites (tertiary alicyclic amines) is 1. The summed E-state index contributed by atoms with van der Waals surface area (Å²) in [5, 5.41) is 7.20. The number of nitrogens with one attached hydrogen (secondary N) is 1. The molecule has 0 bridgehead atoms. The van der Waals surface area contributed by atoms with E-state index in [1.165, 1.54) is 0 Å². The predicted octanol–water partition coefficient (Wildman–Crippen LogP) is 3.79. The zero-order valence-corrected chi connectivity index (χ0v) is 19.3. The van der Waals surface area contributed by atoms with Crippen LogP contribution in [0.15, 0.2) is 30.3 Å². The molecule has 1 aliphatic rings. The summed E-state index contributed by atoms with van der Waals surface area (Å²) in [5.41, 5.74) is 2.52. The zero-order valence-electron chi connectivity index (χ0n) is 19.3. The van der Waals surface area contributed by atoms with Crippen molar-refractivity contribution in [1.82, 2.24) is 24.2 Å². The molecule has 1 atom stereocenters. The minimum absolute atomic E-state index is 0.0973. The van der Waals surface area contributed by atoms with Gasteiger partial charge in [0.1, 0.15) is 11.6 Å². The van der Waals surface area contributed by atoms with Crippen LogP contribution in [0, 0.1) is 5.92 Å². The molecule has 1 aromatic carbocycles. The molecule has 1 N–H and O–H groups in total. The molecule has 0 radical (unpaired) electrons. The number of fused-ring (bicyclic) bond motifs is 1. The Hall–Kier alpha value is -3.16. The van der Waals surface area contributed by atoms with E-state index >= 15 is 0 Å². The summed E-state index contributed by atoms with van der Waals surface area (Å²) in [4.78, 5) is 32.1. The average Bonchev–Trinajstić information content (AvgIpc) is 3.34. The first-order chi connectivity index (χ1) is 15.4. The third kappa shape index (κ3) is 4.26. The average molecular weight is 437 g/mol. The lowest BCUT2D eigenvalue weighted by Crippen LogP contribution is -2.40. The summed E-state index contributed by atoms with van der Waals surface area (Å²) in [6.45, 7) is 8.07. The molecule has 1 fully saturated rings. The van der Waals surface area contributed by atoms with E-state index in [1.54, 1.807) is 17.8 Å². The van der Waals surface area contributed by atoms with Crippen molar-refractivity contribution >= 4 is 28.7 Å². The van der Waals surface area contributed by atoms with Gasteiger partial charge in [-0.1, -0.05) is 32.9 Å². The van der Waals surface area contributed by atoms with E-state index in [4.69, 9.17) is 4.98 Å². The summed E-state index contributed by atoms with van der Waals surface area (Å²) in [6, 6.07) is 9.90. The van der Waals surface area contributed by atoms with E-state index in [1.807, 2.05) is 30.9 Å². The molecular weight excluding hydrogens is 404 g/mol. The molecule has 170 valence electrons. The lowest BCUT2D eigenvalue weighted by Gasteiger charge is -2.32. The highest BCUT2D eigenvalue weighted by Crippen LogP contribution is 2.30. The van der Waals surface area contributed by atoms with Crippen LogP contribution in [-0.2, 0) is 18.4 Å². The number of anilines is 1. The van der Waals surface area contributed by atoms with Crippen molar-refractivity contribution in [2.24, 2.45) is 13.0 Å². The highest BCUT2D eigenvalue weighted by Gasteiger charge is 2.30. The quantitative estimate of drug-likeness (QED) is 0.637. The van der Waals surface area contributed by atoms with E-state index in [-0.39, 0.29) is 23.7 Å². The van der Waals surface area contributed by atoms with Crippen molar-refractivity contribution in [3.05, 3.63) is 41.9 Å². The van der Waals surface area contributed by atoms with Gasteiger partial charge >= 0.3 is 0 Å². The summed E-state index contributed by atoms with van der Waals surface area (Å²) in [7, 11) is 1.73. The topological polar surface area (TPSA) is 85.0 Å². The molecule has 1 unspecified atom stereocenters. The SMILES string of the molecule is CCCn1c(C2CCCN(C(=O)c3cc(NC(=O)C(C)C)n(C)n3)C2)nc2ccccc21. The number of imidazole rings is 1. The van der Waals surface area contributed by atoms with Gasteiger partial charge < -0.3 is 14.8 Å². The number of aryl methyl sites for hydroxylation is 2. The number of aromatic nitrogens is 4. The van der Waals surface area contributed by atoms with Crippen molar-refractivity contribution in [2.45, 2.75) is 52.5 Å². The molecule has 2 aromatic heterocycles. The normalized spacial score (nSPS) is 16.7. The molecule has 2 amide bonds. The fourth-order valence-corrected chi connectivity index (χ4v) is 4.36. The molecule has 4 rings (SSSR count). The summed E-state index contributed by atoms with van der Waals surface area (Å²) >= 11 is 0. The van der Waals surface area contributed by atoms with Gasteiger partial charge in [-0.2, -0.15) is 5.10 Å². The molecule has 3 aromatic rings. The fourth-order valence-electron chi connectivity index (χ4n) is 4.36. The lowest BCUT2D eigenvalue weighted by molar-refractivity contribution is -0.118. The van der Waals surface area contributed by atoms with Crippen molar-refractivity contribution < 1.29 is 9.59 Å². The third-order valence-electron chi connectivity index (χ3n) is 6.08. The molecule has 8 heteroatoms. The Balaban J connectivity index is 1.55. The predicted molar refractivity (Wildman–Crippen MR) is 125 cm³/mol. The van der Waals surface area contributed by atoms with Gasteiger partial charge in [0.15, 0.2) is 5.69 Å². The van der Waals surface area contributed by atoms with Crippen LogP contribution in [0.5, 0.6) is 0 Å². The minimum Gasteiger partial charge on any atom is -0.337 e. The van der Waals surface area contributed by atoms with E-state index < -0.39 is 0 Å². The molecular formula is C24H32N6O2. The van der Waals surface area contributed by atoms with Gasteiger partial charge in [0.05, 0.1) is 11.0 Å². The monoisotopic (exact) mass is 436 g/mol. The summed E-state index contributed by atoms with van der Waals surface area (Å²) in [5.74, 6) is 1.44. The number of hydrogen-bond donors (Lipinski definition) is 1. The zero-order chi connectivity index (χ0) is 22.8. The Bertz CT molecular complexity index is 1130. The van der Waals surface area contributed by atoms with E-state index in [0.29, 0.717) is 24.6 Å². The van der Waals surface area contributed by atoms with Crippen LogP contribution in [0.25, 0.3) is 11.0 Å². The highest BCUT2D eigenvalue weighted by molar-refractivity contribution is 5.96. The summed E-state index contributed by atoms with van der Waals surface area (Å²) < 4.78 is 3.86. The molecule has 0 saturated carbocycles. The second-order valence-corrected chi connectivity index (χ2v) is 8.88. The first-order valence-electron chi connectivity index (χ1n) is 11.5. The number of para-hydroxylation sites is 2. The van der Waals surface area contributed by atoms with Crippen LogP contribution in [0.4, 0.5) is 5.82 Å². The van der Waals surface area contributed by atoms with Gasteiger partial charge in [-0.3, -0.25) is 14.3 Å². The molecule has 0 aliphatic carbocycles. The van der Waals surface area contributed by atoms with Crippen LogP contribution in [0.1, 0.15) is 62.3 Å². The van der Waals surface area contributed by atoms with E-state index in [0.717, 1.165) is 42.7 Å². The Morgan fingerprint density at radius 3 is 2.78 bits per heavy atom. The lowest BCUT2D eigenvalue weighted by atomic mass is 9.96.